The Morgan fingerprint density at radius 2 is 2.21 bits per heavy atom. The fourth-order valence-electron chi connectivity index (χ4n) is 2.14. The molecule has 0 saturated carbocycles. The van der Waals surface area contributed by atoms with Gasteiger partial charge in [-0.3, -0.25) is 0 Å². The molecule has 0 amide bonds. The summed E-state index contributed by atoms with van der Waals surface area (Å²) in [7, 11) is 0. The SMILES string of the molecule is Cc1cc([C@@H]2NCC[C@H]2C)ccc1F. The molecule has 1 aliphatic rings. The topological polar surface area (TPSA) is 12.0 Å². The molecule has 0 unspecified atom stereocenters. The highest BCUT2D eigenvalue weighted by Crippen LogP contribution is 2.29. The van der Waals surface area contributed by atoms with Crippen LogP contribution < -0.4 is 5.32 Å². The third-order valence-electron chi connectivity index (χ3n) is 3.07. The van der Waals surface area contributed by atoms with Crippen molar-refractivity contribution in [3.8, 4) is 0 Å². The van der Waals surface area contributed by atoms with Crippen molar-refractivity contribution in [1.29, 1.82) is 0 Å². The van der Waals surface area contributed by atoms with Crippen molar-refractivity contribution in [2.24, 2.45) is 5.92 Å². The van der Waals surface area contributed by atoms with Crippen LogP contribution in [-0.2, 0) is 0 Å². The van der Waals surface area contributed by atoms with E-state index in [1.807, 2.05) is 19.1 Å². The summed E-state index contributed by atoms with van der Waals surface area (Å²) >= 11 is 0. The summed E-state index contributed by atoms with van der Waals surface area (Å²) in [5.74, 6) is 0.541. The summed E-state index contributed by atoms with van der Waals surface area (Å²) in [4.78, 5) is 0. The first-order valence-corrected chi connectivity index (χ1v) is 5.18. The molecule has 1 N–H and O–H groups in total. The second kappa shape index (κ2) is 3.70. The van der Waals surface area contributed by atoms with E-state index in [9.17, 15) is 4.39 Å². The fourth-order valence-corrected chi connectivity index (χ4v) is 2.14. The maximum atomic E-state index is 13.1. The molecule has 0 aliphatic carbocycles. The lowest BCUT2D eigenvalue weighted by atomic mass is 9.95. The van der Waals surface area contributed by atoms with Crippen LogP contribution in [0.2, 0.25) is 0 Å². The highest BCUT2D eigenvalue weighted by molar-refractivity contribution is 5.27. The molecule has 1 aromatic carbocycles. The van der Waals surface area contributed by atoms with Crippen molar-refractivity contribution in [2.75, 3.05) is 6.54 Å². The van der Waals surface area contributed by atoms with Crippen LogP contribution in [0.25, 0.3) is 0 Å². The van der Waals surface area contributed by atoms with Crippen molar-refractivity contribution >= 4 is 0 Å². The van der Waals surface area contributed by atoms with Gasteiger partial charge in [0, 0.05) is 6.04 Å². The summed E-state index contributed by atoms with van der Waals surface area (Å²) in [5, 5.41) is 3.45. The van der Waals surface area contributed by atoms with E-state index in [2.05, 4.69) is 12.2 Å². The average molecular weight is 193 g/mol. The summed E-state index contributed by atoms with van der Waals surface area (Å²) in [6.07, 6.45) is 1.21. The molecule has 1 aliphatic heterocycles. The number of nitrogens with one attached hydrogen (secondary N) is 1. The van der Waals surface area contributed by atoms with E-state index in [1.165, 1.54) is 12.0 Å². The van der Waals surface area contributed by atoms with E-state index in [0.29, 0.717) is 12.0 Å². The molecule has 1 fully saturated rings. The lowest BCUT2D eigenvalue weighted by Gasteiger charge is -2.16. The number of halogens is 1. The largest absolute Gasteiger partial charge is 0.310 e. The second-order valence-corrected chi connectivity index (χ2v) is 4.21. The Kier molecular flexibility index (Phi) is 2.55. The van der Waals surface area contributed by atoms with E-state index < -0.39 is 0 Å². The van der Waals surface area contributed by atoms with Gasteiger partial charge in [-0.25, -0.2) is 4.39 Å². The highest BCUT2D eigenvalue weighted by atomic mass is 19.1. The van der Waals surface area contributed by atoms with Gasteiger partial charge in [0.2, 0.25) is 0 Å². The molecule has 2 rings (SSSR count). The Labute approximate surface area is 84.3 Å². The van der Waals surface area contributed by atoms with Gasteiger partial charge < -0.3 is 5.32 Å². The molecule has 2 atom stereocenters. The van der Waals surface area contributed by atoms with Crippen LogP contribution in [0.1, 0.15) is 30.5 Å². The van der Waals surface area contributed by atoms with Gasteiger partial charge in [-0.1, -0.05) is 19.1 Å². The summed E-state index contributed by atoms with van der Waals surface area (Å²) < 4.78 is 13.1. The molecule has 0 bridgehead atoms. The molecular formula is C12H16FN. The minimum Gasteiger partial charge on any atom is -0.310 e. The maximum Gasteiger partial charge on any atom is 0.126 e. The average Bonchev–Trinajstić information content (AvgIpc) is 2.57. The van der Waals surface area contributed by atoms with E-state index >= 15 is 0 Å². The van der Waals surface area contributed by atoms with Crippen LogP contribution >= 0.6 is 0 Å². The van der Waals surface area contributed by atoms with Crippen molar-refractivity contribution in [3.05, 3.63) is 35.1 Å². The van der Waals surface area contributed by atoms with Gasteiger partial charge in [0.1, 0.15) is 5.82 Å². The molecule has 0 radical (unpaired) electrons. The van der Waals surface area contributed by atoms with Gasteiger partial charge >= 0.3 is 0 Å². The van der Waals surface area contributed by atoms with Crippen LogP contribution in [0, 0.1) is 18.7 Å². The van der Waals surface area contributed by atoms with Crippen LogP contribution in [-0.4, -0.2) is 6.54 Å². The quantitative estimate of drug-likeness (QED) is 0.723. The molecule has 1 nitrogen and oxygen atoms in total. The van der Waals surface area contributed by atoms with Crippen LogP contribution in [0.15, 0.2) is 18.2 Å². The van der Waals surface area contributed by atoms with Crippen molar-refractivity contribution in [1.82, 2.24) is 5.32 Å². The van der Waals surface area contributed by atoms with Gasteiger partial charge in [-0.2, -0.15) is 0 Å². The first kappa shape index (κ1) is 9.66. The first-order chi connectivity index (χ1) is 6.68. The summed E-state index contributed by atoms with van der Waals surface area (Å²) in [5.41, 5.74) is 1.96. The number of benzene rings is 1. The zero-order chi connectivity index (χ0) is 10.1. The monoisotopic (exact) mass is 193 g/mol. The lowest BCUT2D eigenvalue weighted by Crippen LogP contribution is -2.16. The minimum atomic E-state index is -0.112. The zero-order valence-corrected chi connectivity index (χ0v) is 8.68. The molecule has 0 spiro atoms. The maximum absolute atomic E-state index is 13.1. The number of rotatable bonds is 1. The molecular weight excluding hydrogens is 177 g/mol. The van der Waals surface area contributed by atoms with Crippen molar-refractivity contribution < 1.29 is 4.39 Å². The molecule has 76 valence electrons. The Morgan fingerprint density at radius 3 is 2.79 bits per heavy atom. The second-order valence-electron chi connectivity index (χ2n) is 4.21. The standard InChI is InChI=1S/C12H16FN/c1-8-5-6-14-12(8)10-3-4-11(13)9(2)7-10/h3-4,7-8,12,14H,5-6H2,1-2H3/t8-,12-/m1/s1. The Bertz CT molecular complexity index is 335. The van der Waals surface area contributed by atoms with Crippen molar-refractivity contribution in [3.63, 3.8) is 0 Å². The van der Waals surface area contributed by atoms with Gasteiger partial charge in [0.15, 0.2) is 0 Å². The molecule has 2 heteroatoms. The van der Waals surface area contributed by atoms with Gasteiger partial charge in [0.25, 0.3) is 0 Å². The predicted molar refractivity (Wildman–Crippen MR) is 55.7 cm³/mol. The van der Waals surface area contributed by atoms with Crippen molar-refractivity contribution in [2.45, 2.75) is 26.3 Å². The first-order valence-electron chi connectivity index (χ1n) is 5.18. The number of hydrogen-bond donors (Lipinski definition) is 1. The van der Waals surface area contributed by atoms with Gasteiger partial charge in [0.05, 0.1) is 0 Å². The number of hydrogen-bond acceptors (Lipinski definition) is 1. The summed E-state index contributed by atoms with van der Waals surface area (Å²) in [6.45, 7) is 5.13. The van der Waals surface area contributed by atoms with Crippen LogP contribution in [0.4, 0.5) is 4.39 Å². The third kappa shape index (κ3) is 1.67. The molecule has 1 saturated heterocycles. The van der Waals surface area contributed by atoms with E-state index in [-0.39, 0.29) is 5.82 Å². The highest BCUT2D eigenvalue weighted by Gasteiger charge is 2.24. The van der Waals surface area contributed by atoms with Gasteiger partial charge in [-0.05, 0) is 43.0 Å². The summed E-state index contributed by atoms with van der Waals surface area (Å²) in [6, 6.07) is 5.82. The van der Waals surface area contributed by atoms with Crippen LogP contribution in [0.5, 0.6) is 0 Å². The fraction of sp³-hybridized carbons (Fsp3) is 0.500. The lowest BCUT2D eigenvalue weighted by molar-refractivity contribution is 0.502. The number of aryl methyl sites for hydroxylation is 1. The molecule has 1 aromatic rings. The van der Waals surface area contributed by atoms with E-state index in [1.54, 1.807) is 6.07 Å². The molecule has 14 heavy (non-hydrogen) atoms. The normalized spacial score (nSPS) is 26.8. The van der Waals surface area contributed by atoms with E-state index in [0.717, 1.165) is 12.1 Å². The molecule has 0 aromatic heterocycles. The predicted octanol–water partition coefficient (Wildman–Crippen LogP) is 2.80. The smallest absolute Gasteiger partial charge is 0.126 e. The Morgan fingerprint density at radius 1 is 1.43 bits per heavy atom. The third-order valence-corrected chi connectivity index (χ3v) is 3.07. The Balaban J connectivity index is 2.28. The zero-order valence-electron chi connectivity index (χ0n) is 8.68. The van der Waals surface area contributed by atoms with Crippen LogP contribution in [0.3, 0.4) is 0 Å². The minimum absolute atomic E-state index is 0.112. The van der Waals surface area contributed by atoms with E-state index in [4.69, 9.17) is 0 Å². The Hall–Kier alpha value is -0.890. The van der Waals surface area contributed by atoms with Gasteiger partial charge in [-0.15, -0.1) is 0 Å². The molecule has 1 heterocycles.